The molecule has 8 heteroatoms. The molecule has 158 valence electrons. The van der Waals surface area contributed by atoms with E-state index in [9.17, 15) is 9.59 Å². The Bertz CT molecular complexity index is 1240. The standard InChI is InChI=1S/C23H19BrN2O3SSe/c1-23(2,3)29-22(28)18-15(13-8-10-14(24)11-9-13)12-31-21(18)26-19(27)20-25-16-6-4-5-7-17(16)30-20/h4-12H,1-3H3,(H,26,27). The number of carbonyl (C=O) groups excluding carboxylic acids is 2. The van der Waals surface area contributed by atoms with E-state index in [2.05, 4.69) is 26.2 Å². The van der Waals surface area contributed by atoms with Crippen molar-refractivity contribution < 1.29 is 14.3 Å². The molecular formula is C23H19BrN2O3SSe. The molecule has 5 nitrogen and oxygen atoms in total. The Morgan fingerprint density at radius 1 is 1.10 bits per heavy atom. The van der Waals surface area contributed by atoms with Gasteiger partial charge in [-0.1, -0.05) is 0 Å². The van der Waals surface area contributed by atoms with Gasteiger partial charge < -0.3 is 0 Å². The number of thiazole rings is 1. The van der Waals surface area contributed by atoms with E-state index in [1.165, 1.54) is 11.3 Å². The summed E-state index contributed by atoms with van der Waals surface area (Å²) in [4.78, 5) is 32.5. The quantitative estimate of drug-likeness (QED) is 0.245. The van der Waals surface area contributed by atoms with E-state index < -0.39 is 11.6 Å². The predicted molar refractivity (Wildman–Crippen MR) is 129 cm³/mol. The average molecular weight is 562 g/mol. The maximum atomic E-state index is 13.1. The van der Waals surface area contributed by atoms with Gasteiger partial charge in [-0.2, -0.15) is 0 Å². The Labute approximate surface area is 198 Å². The van der Waals surface area contributed by atoms with Crippen LogP contribution in [0.15, 0.2) is 57.9 Å². The normalized spacial score (nSPS) is 11.5. The summed E-state index contributed by atoms with van der Waals surface area (Å²) in [7, 11) is 0. The zero-order valence-electron chi connectivity index (χ0n) is 17.1. The van der Waals surface area contributed by atoms with Crippen molar-refractivity contribution in [1.82, 2.24) is 4.98 Å². The van der Waals surface area contributed by atoms with Gasteiger partial charge in [-0.3, -0.25) is 0 Å². The summed E-state index contributed by atoms with van der Waals surface area (Å²) in [5.74, 6) is -0.759. The van der Waals surface area contributed by atoms with Crippen molar-refractivity contribution in [2.75, 3.05) is 5.32 Å². The zero-order valence-corrected chi connectivity index (χ0v) is 21.2. The minimum atomic E-state index is -0.646. The first-order valence-electron chi connectivity index (χ1n) is 9.49. The number of fused-ring (bicyclic) bond motifs is 1. The number of halogens is 1. The van der Waals surface area contributed by atoms with Gasteiger partial charge in [0.1, 0.15) is 0 Å². The number of hydrogen-bond acceptors (Lipinski definition) is 5. The Balaban J connectivity index is 1.71. The van der Waals surface area contributed by atoms with E-state index in [4.69, 9.17) is 4.74 Å². The molecule has 31 heavy (non-hydrogen) atoms. The monoisotopic (exact) mass is 562 g/mol. The summed E-state index contributed by atoms with van der Waals surface area (Å²) >= 11 is 4.55. The first kappa shape index (κ1) is 22.0. The van der Waals surface area contributed by atoms with Crippen molar-refractivity contribution >= 4 is 68.4 Å². The van der Waals surface area contributed by atoms with Crippen molar-refractivity contribution in [3.63, 3.8) is 0 Å². The molecule has 0 spiro atoms. The number of rotatable bonds is 4. The number of carbonyl (C=O) groups is 2. The number of para-hydroxylation sites is 1. The molecule has 0 aliphatic carbocycles. The molecule has 2 heterocycles. The number of anilines is 1. The summed E-state index contributed by atoms with van der Waals surface area (Å²) in [6, 6.07) is 15.3. The van der Waals surface area contributed by atoms with Crippen LogP contribution < -0.4 is 5.32 Å². The molecule has 0 saturated carbocycles. The Morgan fingerprint density at radius 3 is 2.48 bits per heavy atom. The predicted octanol–water partition coefficient (Wildman–Crippen LogP) is 5.99. The molecule has 4 rings (SSSR count). The second kappa shape index (κ2) is 8.71. The van der Waals surface area contributed by atoms with Crippen LogP contribution >= 0.6 is 27.3 Å². The molecule has 1 amide bonds. The van der Waals surface area contributed by atoms with Crippen LogP contribution in [0.2, 0.25) is 0 Å². The molecule has 0 saturated heterocycles. The summed E-state index contributed by atoms with van der Waals surface area (Å²) in [5.41, 5.74) is 2.22. The first-order valence-corrected chi connectivity index (χ1v) is 12.9. The first-order chi connectivity index (χ1) is 14.7. The van der Waals surface area contributed by atoms with E-state index in [1.54, 1.807) is 0 Å². The Kier molecular flexibility index (Phi) is 6.17. The van der Waals surface area contributed by atoms with Crippen molar-refractivity contribution in [3.05, 3.63) is 68.5 Å². The van der Waals surface area contributed by atoms with Crippen LogP contribution in [-0.2, 0) is 4.74 Å². The van der Waals surface area contributed by atoms with Gasteiger partial charge in [-0.25, -0.2) is 0 Å². The Morgan fingerprint density at radius 2 is 1.81 bits per heavy atom. The molecule has 0 radical (unpaired) electrons. The van der Waals surface area contributed by atoms with E-state index in [-0.39, 0.29) is 20.4 Å². The summed E-state index contributed by atoms with van der Waals surface area (Å²) in [5, 5.41) is 3.30. The molecule has 0 bridgehead atoms. The van der Waals surface area contributed by atoms with Crippen LogP contribution in [0.5, 0.6) is 0 Å². The van der Waals surface area contributed by atoms with Crippen LogP contribution in [-0.4, -0.2) is 37.0 Å². The van der Waals surface area contributed by atoms with Gasteiger partial charge in [0.25, 0.3) is 0 Å². The maximum absolute atomic E-state index is 13.1. The van der Waals surface area contributed by atoms with Crippen LogP contribution in [0.4, 0.5) is 4.56 Å². The summed E-state index contributed by atoms with van der Waals surface area (Å²) in [6.07, 6.45) is 0. The minimum absolute atomic E-state index is 0.221. The van der Waals surface area contributed by atoms with Crippen LogP contribution in [0.3, 0.4) is 0 Å². The number of nitrogens with zero attached hydrogens (tertiary/aromatic N) is 1. The topological polar surface area (TPSA) is 68.3 Å². The molecule has 0 aliphatic rings. The average Bonchev–Trinajstić information content (AvgIpc) is 3.31. The van der Waals surface area contributed by atoms with Gasteiger partial charge in [0.15, 0.2) is 0 Å². The van der Waals surface area contributed by atoms with Crippen molar-refractivity contribution in [1.29, 1.82) is 0 Å². The fraction of sp³-hybridized carbons (Fsp3) is 0.174. The van der Waals surface area contributed by atoms with Gasteiger partial charge in [0, 0.05) is 0 Å². The second-order valence-corrected chi connectivity index (χ2v) is 11.6. The van der Waals surface area contributed by atoms with Crippen LogP contribution in [0, 0.1) is 0 Å². The van der Waals surface area contributed by atoms with Crippen LogP contribution in [0.25, 0.3) is 21.3 Å². The molecule has 2 aromatic heterocycles. The summed E-state index contributed by atoms with van der Waals surface area (Å²) < 4.78 is 8.14. The number of ether oxygens (including phenoxy) is 1. The third-order valence-corrected chi connectivity index (χ3v) is 7.71. The van der Waals surface area contributed by atoms with Gasteiger partial charge in [0.2, 0.25) is 0 Å². The number of benzene rings is 2. The SMILES string of the molecule is CC(C)(C)OC(=O)c1c(-c2ccc(Br)cc2)c[se]c1NC(=O)c1nc2ccccc2s1. The van der Waals surface area contributed by atoms with E-state index in [0.29, 0.717) is 15.1 Å². The van der Waals surface area contributed by atoms with E-state index >= 15 is 0 Å². The third-order valence-electron chi connectivity index (χ3n) is 4.26. The Hall–Kier alpha value is -2.25. The molecule has 2 aromatic carbocycles. The molecule has 4 aromatic rings. The van der Waals surface area contributed by atoms with Gasteiger partial charge in [-0.15, -0.1) is 0 Å². The van der Waals surface area contributed by atoms with Gasteiger partial charge in [0.05, 0.1) is 0 Å². The van der Waals surface area contributed by atoms with Gasteiger partial charge in [-0.05, 0) is 0 Å². The molecule has 0 aliphatic heterocycles. The third kappa shape index (κ3) is 4.99. The van der Waals surface area contributed by atoms with E-state index in [1.807, 2.05) is 74.2 Å². The number of hydrogen-bond donors (Lipinski definition) is 1. The molecule has 0 fully saturated rings. The number of amides is 1. The fourth-order valence-electron chi connectivity index (χ4n) is 2.95. The fourth-order valence-corrected chi connectivity index (χ4v) is 6.07. The molecule has 1 N–H and O–H groups in total. The zero-order chi connectivity index (χ0) is 22.2. The van der Waals surface area contributed by atoms with Crippen molar-refractivity contribution in [2.24, 2.45) is 0 Å². The van der Waals surface area contributed by atoms with Gasteiger partial charge >= 0.3 is 199 Å². The molecule has 0 atom stereocenters. The van der Waals surface area contributed by atoms with Crippen LogP contribution in [0.1, 0.15) is 40.9 Å². The number of aromatic nitrogens is 1. The van der Waals surface area contributed by atoms with Crippen molar-refractivity contribution in [3.8, 4) is 11.1 Å². The molecular weight excluding hydrogens is 543 g/mol. The summed E-state index contributed by atoms with van der Waals surface area (Å²) in [6.45, 7) is 5.48. The molecule has 0 unspecified atom stereocenters. The number of esters is 1. The second-order valence-electron chi connectivity index (χ2n) is 7.80. The van der Waals surface area contributed by atoms with Crippen molar-refractivity contribution in [2.45, 2.75) is 26.4 Å². The van der Waals surface area contributed by atoms with E-state index in [0.717, 1.165) is 25.8 Å². The number of nitrogens with one attached hydrogen (secondary N) is 1.